The van der Waals surface area contributed by atoms with Crippen molar-refractivity contribution in [1.82, 2.24) is 5.32 Å². The molecule has 0 radical (unpaired) electrons. The van der Waals surface area contributed by atoms with E-state index >= 15 is 0 Å². The Balaban J connectivity index is 3.27. The maximum atomic E-state index is 12.1. The van der Waals surface area contributed by atoms with Crippen molar-refractivity contribution in [2.24, 2.45) is 0 Å². The van der Waals surface area contributed by atoms with Gasteiger partial charge in [-0.1, -0.05) is 251 Å². The van der Waals surface area contributed by atoms with Crippen LogP contribution in [0.2, 0.25) is 0 Å². The van der Waals surface area contributed by atoms with Crippen molar-refractivity contribution < 1.29 is 15.0 Å². The summed E-state index contributed by atoms with van der Waals surface area (Å²) >= 11 is 0. The molecule has 0 aromatic carbocycles. The Morgan fingerprint density at radius 3 is 0.900 bits per heavy atom. The fraction of sp³-hybridized carbons (Fsp3) is 0.978. The average molecular weight is 708 g/mol. The molecule has 0 spiro atoms. The molecule has 0 saturated carbocycles. The number of carbonyl (C=O) groups is 1. The Labute approximate surface area is 314 Å². The smallest absolute Gasteiger partial charge is 0.220 e. The van der Waals surface area contributed by atoms with E-state index in [-0.39, 0.29) is 12.5 Å². The molecule has 0 fully saturated rings. The molecular formula is C46H93NO3. The van der Waals surface area contributed by atoms with Gasteiger partial charge in [0.25, 0.3) is 0 Å². The molecule has 3 N–H and O–H groups in total. The largest absolute Gasteiger partial charge is 0.394 e. The van der Waals surface area contributed by atoms with E-state index in [0.29, 0.717) is 12.8 Å². The molecule has 0 aliphatic carbocycles. The molecule has 0 bridgehead atoms. The Kier molecular flexibility index (Phi) is 42.3. The fourth-order valence-corrected chi connectivity index (χ4v) is 7.54. The van der Waals surface area contributed by atoms with E-state index in [2.05, 4.69) is 19.2 Å². The summed E-state index contributed by atoms with van der Waals surface area (Å²) in [5.41, 5.74) is 0. The van der Waals surface area contributed by atoms with Gasteiger partial charge in [0.2, 0.25) is 5.91 Å². The number of hydrogen-bond donors (Lipinski definition) is 3. The summed E-state index contributed by atoms with van der Waals surface area (Å²) < 4.78 is 0. The molecule has 2 unspecified atom stereocenters. The summed E-state index contributed by atoms with van der Waals surface area (Å²) in [5, 5.41) is 22.9. The number of hydrogen-bond acceptors (Lipinski definition) is 3. The lowest BCUT2D eigenvalue weighted by molar-refractivity contribution is -0.123. The molecule has 0 rings (SSSR count). The molecule has 0 aliphatic heterocycles. The van der Waals surface area contributed by atoms with Crippen LogP contribution in [0.4, 0.5) is 0 Å². The number of nitrogens with one attached hydrogen (secondary N) is 1. The zero-order valence-corrected chi connectivity index (χ0v) is 34.4. The molecule has 0 saturated heterocycles. The van der Waals surface area contributed by atoms with E-state index < -0.39 is 12.1 Å². The molecule has 0 aliphatic rings. The lowest BCUT2D eigenvalue weighted by Gasteiger charge is -2.22. The molecule has 4 nitrogen and oxygen atoms in total. The van der Waals surface area contributed by atoms with Crippen LogP contribution in [0.5, 0.6) is 0 Å². The van der Waals surface area contributed by atoms with Gasteiger partial charge in [-0.05, 0) is 12.8 Å². The number of aliphatic hydroxyl groups is 2. The number of unbranched alkanes of at least 4 members (excludes halogenated alkanes) is 36. The number of rotatable bonds is 43. The summed E-state index contributed by atoms with van der Waals surface area (Å²) in [4.78, 5) is 12.1. The van der Waals surface area contributed by atoms with Crippen LogP contribution in [-0.2, 0) is 4.79 Å². The first-order valence-corrected chi connectivity index (χ1v) is 23.2. The number of amides is 1. The Morgan fingerprint density at radius 1 is 0.400 bits per heavy atom. The molecule has 50 heavy (non-hydrogen) atoms. The fourth-order valence-electron chi connectivity index (χ4n) is 7.54. The van der Waals surface area contributed by atoms with Gasteiger partial charge in [-0.3, -0.25) is 4.79 Å². The molecular weight excluding hydrogens is 615 g/mol. The van der Waals surface area contributed by atoms with Crippen molar-refractivity contribution in [3.63, 3.8) is 0 Å². The van der Waals surface area contributed by atoms with Gasteiger partial charge in [0.1, 0.15) is 0 Å². The van der Waals surface area contributed by atoms with Crippen LogP contribution in [0.25, 0.3) is 0 Å². The number of aliphatic hydroxyl groups excluding tert-OH is 2. The average Bonchev–Trinajstić information content (AvgIpc) is 3.12. The molecule has 2 atom stereocenters. The zero-order chi connectivity index (χ0) is 36.4. The highest BCUT2D eigenvalue weighted by molar-refractivity contribution is 5.76. The van der Waals surface area contributed by atoms with Crippen molar-refractivity contribution in [2.45, 2.75) is 283 Å². The first kappa shape index (κ1) is 49.4. The van der Waals surface area contributed by atoms with Crippen LogP contribution in [0, 0.1) is 0 Å². The lowest BCUT2D eigenvalue weighted by atomic mass is 10.0. The van der Waals surface area contributed by atoms with E-state index in [4.69, 9.17) is 0 Å². The summed E-state index contributed by atoms with van der Waals surface area (Å²) in [6.45, 7) is 4.30. The second-order valence-electron chi connectivity index (χ2n) is 16.2. The third-order valence-corrected chi connectivity index (χ3v) is 11.1. The molecule has 1 amide bonds. The van der Waals surface area contributed by atoms with E-state index in [9.17, 15) is 15.0 Å². The predicted octanol–water partition coefficient (Wildman–Crippen LogP) is 14.5. The highest BCUT2D eigenvalue weighted by atomic mass is 16.3. The lowest BCUT2D eigenvalue weighted by Crippen LogP contribution is -2.45. The van der Waals surface area contributed by atoms with E-state index in [1.54, 1.807) is 0 Å². The molecule has 4 heteroatoms. The summed E-state index contributed by atoms with van der Waals surface area (Å²) in [6.07, 6.45) is 52.5. The van der Waals surface area contributed by atoms with Gasteiger partial charge in [-0.2, -0.15) is 0 Å². The Hall–Kier alpha value is -0.610. The van der Waals surface area contributed by atoms with Crippen LogP contribution in [-0.4, -0.2) is 34.9 Å². The second kappa shape index (κ2) is 42.8. The Morgan fingerprint density at radius 2 is 0.640 bits per heavy atom. The van der Waals surface area contributed by atoms with E-state index in [1.807, 2.05) is 0 Å². The number of carbonyl (C=O) groups excluding carboxylic acids is 1. The van der Waals surface area contributed by atoms with Crippen molar-refractivity contribution in [1.29, 1.82) is 0 Å². The summed E-state index contributed by atoms with van der Waals surface area (Å²) in [7, 11) is 0. The van der Waals surface area contributed by atoms with Gasteiger partial charge in [0.15, 0.2) is 0 Å². The van der Waals surface area contributed by atoms with E-state index in [1.165, 1.54) is 218 Å². The first-order chi connectivity index (χ1) is 24.7. The highest BCUT2D eigenvalue weighted by Gasteiger charge is 2.20. The van der Waals surface area contributed by atoms with Gasteiger partial charge < -0.3 is 15.5 Å². The quantitative estimate of drug-likeness (QED) is 0.0553. The standard InChI is InChI=1S/C46H93NO3/c1-3-5-7-9-10-11-12-13-14-15-16-17-18-19-20-21-22-23-24-25-26-27-28-29-30-31-32-33-34-35-36-38-39-41-45(49)44(43-48)47-46(50)42-40-37-8-6-4-2/h44-45,48-49H,3-43H2,1-2H3,(H,47,50). The summed E-state index contributed by atoms with van der Waals surface area (Å²) in [5.74, 6) is -0.0409. The van der Waals surface area contributed by atoms with Crippen LogP contribution >= 0.6 is 0 Å². The van der Waals surface area contributed by atoms with Crippen LogP contribution < -0.4 is 5.32 Å². The van der Waals surface area contributed by atoms with Crippen LogP contribution in [0.1, 0.15) is 271 Å². The normalized spacial score (nSPS) is 12.8. The van der Waals surface area contributed by atoms with Gasteiger partial charge in [-0.15, -0.1) is 0 Å². The maximum Gasteiger partial charge on any atom is 0.220 e. The third-order valence-electron chi connectivity index (χ3n) is 11.1. The van der Waals surface area contributed by atoms with Crippen molar-refractivity contribution in [3.05, 3.63) is 0 Å². The first-order valence-electron chi connectivity index (χ1n) is 23.2. The molecule has 0 aromatic heterocycles. The topological polar surface area (TPSA) is 69.6 Å². The SMILES string of the molecule is CCCCCCCCCCCCCCCCCCCCCCCCCCCCCCCCCCCC(O)C(CO)NC(=O)CCCCCCC. The van der Waals surface area contributed by atoms with Crippen LogP contribution in [0.3, 0.4) is 0 Å². The molecule has 300 valence electrons. The summed E-state index contributed by atoms with van der Waals surface area (Å²) in [6, 6.07) is -0.526. The van der Waals surface area contributed by atoms with Crippen LogP contribution in [0.15, 0.2) is 0 Å². The minimum atomic E-state index is -0.650. The minimum Gasteiger partial charge on any atom is -0.394 e. The van der Waals surface area contributed by atoms with Gasteiger partial charge in [-0.25, -0.2) is 0 Å². The van der Waals surface area contributed by atoms with E-state index in [0.717, 1.165) is 25.7 Å². The van der Waals surface area contributed by atoms with Gasteiger partial charge in [0, 0.05) is 6.42 Å². The van der Waals surface area contributed by atoms with Crippen molar-refractivity contribution >= 4 is 5.91 Å². The molecule has 0 heterocycles. The predicted molar refractivity (Wildman–Crippen MR) is 221 cm³/mol. The minimum absolute atomic E-state index is 0.0409. The highest BCUT2D eigenvalue weighted by Crippen LogP contribution is 2.17. The van der Waals surface area contributed by atoms with Crippen molar-refractivity contribution in [3.8, 4) is 0 Å². The molecule has 0 aromatic rings. The van der Waals surface area contributed by atoms with Gasteiger partial charge in [0.05, 0.1) is 18.8 Å². The maximum absolute atomic E-state index is 12.1. The monoisotopic (exact) mass is 708 g/mol. The van der Waals surface area contributed by atoms with Crippen molar-refractivity contribution in [2.75, 3.05) is 6.61 Å². The third kappa shape index (κ3) is 38.6. The second-order valence-corrected chi connectivity index (χ2v) is 16.2. The Bertz CT molecular complexity index is 641. The van der Waals surface area contributed by atoms with Gasteiger partial charge >= 0.3 is 0 Å². The zero-order valence-electron chi connectivity index (χ0n) is 34.4.